The molecule has 1 aromatic rings. The van der Waals surface area contributed by atoms with Crippen molar-refractivity contribution in [2.24, 2.45) is 5.92 Å². The van der Waals surface area contributed by atoms with Gasteiger partial charge in [0.05, 0.1) is 0 Å². The average molecular weight is 360 g/mol. The number of nitrogens with one attached hydrogen (secondary N) is 1. The van der Waals surface area contributed by atoms with E-state index in [9.17, 15) is 9.59 Å². The lowest BCUT2D eigenvalue weighted by Crippen LogP contribution is -2.41. The fourth-order valence-corrected chi connectivity index (χ4v) is 3.47. The van der Waals surface area contributed by atoms with Crippen LogP contribution in [0.2, 0.25) is 0 Å². The molecule has 1 saturated heterocycles. The van der Waals surface area contributed by atoms with Crippen molar-refractivity contribution < 1.29 is 14.3 Å². The maximum absolute atomic E-state index is 12.2. The van der Waals surface area contributed by atoms with Crippen LogP contribution in [0, 0.1) is 12.8 Å². The third kappa shape index (κ3) is 6.04. The second-order valence-corrected chi connectivity index (χ2v) is 7.65. The standard InChI is InChI=1S/C21H32N2O3/c1-15(2)19-8-7-18(12-17(19)4)26-14-20(24)22-10-9-21(25)23-11-5-6-16(3)13-23/h7-8,12,15-16H,5-6,9-11,13-14H2,1-4H3,(H,22,24). The summed E-state index contributed by atoms with van der Waals surface area (Å²) >= 11 is 0. The summed E-state index contributed by atoms with van der Waals surface area (Å²) in [6, 6.07) is 5.91. The van der Waals surface area contributed by atoms with Crippen LogP contribution in [0.4, 0.5) is 0 Å². The van der Waals surface area contributed by atoms with Crippen molar-refractivity contribution in [1.29, 1.82) is 0 Å². The van der Waals surface area contributed by atoms with Crippen LogP contribution in [-0.4, -0.2) is 43.0 Å². The highest BCUT2D eigenvalue weighted by Gasteiger charge is 2.20. The van der Waals surface area contributed by atoms with Crippen LogP contribution in [0.3, 0.4) is 0 Å². The summed E-state index contributed by atoms with van der Waals surface area (Å²) in [5.41, 5.74) is 2.45. The summed E-state index contributed by atoms with van der Waals surface area (Å²) < 4.78 is 5.56. The molecule has 1 aliphatic rings. The Balaban J connectivity index is 1.69. The Bertz CT molecular complexity index is 628. The predicted molar refractivity (Wildman–Crippen MR) is 103 cm³/mol. The van der Waals surface area contributed by atoms with Gasteiger partial charge in [0.1, 0.15) is 5.75 Å². The van der Waals surface area contributed by atoms with Gasteiger partial charge >= 0.3 is 0 Å². The molecule has 1 heterocycles. The van der Waals surface area contributed by atoms with Crippen LogP contribution in [0.15, 0.2) is 18.2 Å². The molecule has 1 fully saturated rings. The van der Waals surface area contributed by atoms with Crippen molar-refractivity contribution >= 4 is 11.8 Å². The number of benzene rings is 1. The molecule has 1 unspecified atom stereocenters. The molecule has 0 saturated carbocycles. The number of rotatable bonds is 7. The lowest BCUT2D eigenvalue weighted by molar-refractivity contribution is -0.132. The largest absolute Gasteiger partial charge is 0.484 e. The number of carbonyl (C=O) groups excluding carboxylic acids is 2. The van der Waals surface area contributed by atoms with E-state index in [-0.39, 0.29) is 18.4 Å². The predicted octanol–water partition coefficient (Wildman–Crippen LogP) is 3.26. The Morgan fingerprint density at radius 3 is 2.77 bits per heavy atom. The van der Waals surface area contributed by atoms with Gasteiger partial charge in [0.2, 0.25) is 5.91 Å². The molecular weight excluding hydrogens is 328 g/mol. The second kappa shape index (κ2) is 9.60. The first kappa shape index (κ1) is 20.3. The number of nitrogens with zero attached hydrogens (tertiary/aromatic N) is 1. The summed E-state index contributed by atoms with van der Waals surface area (Å²) in [5.74, 6) is 1.66. The number of amides is 2. The SMILES string of the molecule is Cc1cc(OCC(=O)NCCC(=O)N2CCCC(C)C2)ccc1C(C)C. The van der Waals surface area contributed by atoms with Gasteiger partial charge in [-0.15, -0.1) is 0 Å². The Labute approximate surface area is 157 Å². The van der Waals surface area contributed by atoms with E-state index >= 15 is 0 Å². The van der Waals surface area contributed by atoms with Gasteiger partial charge in [0.25, 0.3) is 5.91 Å². The highest BCUT2D eigenvalue weighted by molar-refractivity contribution is 5.80. The number of aryl methyl sites for hydroxylation is 1. The number of hydrogen-bond donors (Lipinski definition) is 1. The van der Waals surface area contributed by atoms with E-state index in [0.29, 0.717) is 30.6 Å². The van der Waals surface area contributed by atoms with E-state index < -0.39 is 0 Å². The summed E-state index contributed by atoms with van der Waals surface area (Å²) in [6.45, 7) is 10.5. The van der Waals surface area contributed by atoms with Gasteiger partial charge in [-0.1, -0.05) is 26.8 Å². The van der Waals surface area contributed by atoms with Crippen molar-refractivity contribution in [2.45, 2.75) is 52.9 Å². The summed E-state index contributed by atoms with van der Waals surface area (Å²) in [6.07, 6.45) is 2.61. The quantitative estimate of drug-likeness (QED) is 0.812. The van der Waals surface area contributed by atoms with Crippen LogP contribution in [0.25, 0.3) is 0 Å². The van der Waals surface area contributed by atoms with E-state index in [1.807, 2.05) is 23.1 Å². The van der Waals surface area contributed by atoms with Crippen molar-refractivity contribution in [3.05, 3.63) is 29.3 Å². The minimum absolute atomic E-state index is 0.0323. The molecule has 5 heteroatoms. The molecule has 144 valence electrons. The fourth-order valence-electron chi connectivity index (χ4n) is 3.47. The maximum Gasteiger partial charge on any atom is 0.257 e. The zero-order valence-corrected chi connectivity index (χ0v) is 16.5. The molecule has 1 aromatic carbocycles. The van der Waals surface area contributed by atoms with Gasteiger partial charge in [0.15, 0.2) is 6.61 Å². The highest BCUT2D eigenvalue weighted by atomic mass is 16.5. The molecule has 0 aromatic heterocycles. The number of piperidine rings is 1. The van der Waals surface area contributed by atoms with E-state index in [4.69, 9.17) is 4.74 Å². The van der Waals surface area contributed by atoms with Crippen molar-refractivity contribution in [3.8, 4) is 5.75 Å². The van der Waals surface area contributed by atoms with Gasteiger partial charge in [-0.05, 0) is 54.9 Å². The average Bonchev–Trinajstić information content (AvgIpc) is 2.59. The molecule has 26 heavy (non-hydrogen) atoms. The van der Waals surface area contributed by atoms with Gasteiger partial charge < -0.3 is 15.0 Å². The van der Waals surface area contributed by atoms with Crippen LogP contribution < -0.4 is 10.1 Å². The molecule has 1 N–H and O–H groups in total. The molecular formula is C21H32N2O3. The minimum Gasteiger partial charge on any atom is -0.484 e. The first-order chi connectivity index (χ1) is 12.4. The van der Waals surface area contributed by atoms with Crippen LogP contribution in [-0.2, 0) is 9.59 Å². The summed E-state index contributed by atoms with van der Waals surface area (Å²) in [7, 11) is 0. The monoisotopic (exact) mass is 360 g/mol. The third-order valence-electron chi connectivity index (χ3n) is 4.90. The summed E-state index contributed by atoms with van der Waals surface area (Å²) in [5, 5.41) is 2.77. The smallest absolute Gasteiger partial charge is 0.257 e. The third-order valence-corrected chi connectivity index (χ3v) is 4.90. The maximum atomic E-state index is 12.2. The Hall–Kier alpha value is -2.04. The first-order valence-corrected chi connectivity index (χ1v) is 9.64. The number of carbonyl (C=O) groups is 2. The van der Waals surface area contributed by atoms with Crippen molar-refractivity contribution in [2.75, 3.05) is 26.2 Å². The second-order valence-electron chi connectivity index (χ2n) is 7.65. The molecule has 0 aliphatic carbocycles. The van der Waals surface area contributed by atoms with Crippen molar-refractivity contribution in [1.82, 2.24) is 10.2 Å². The number of ether oxygens (including phenoxy) is 1. The zero-order chi connectivity index (χ0) is 19.1. The van der Waals surface area contributed by atoms with Crippen molar-refractivity contribution in [3.63, 3.8) is 0 Å². The Morgan fingerprint density at radius 2 is 2.12 bits per heavy atom. The molecule has 5 nitrogen and oxygen atoms in total. The molecule has 1 aliphatic heterocycles. The first-order valence-electron chi connectivity index (χ1n) is 9.64. The van der Waals surface area contributed by atoms with Crippen LogP contribution >= 0.6 is 0 Å². The number of likely N-dealkylation sites (tertiary alicyclic amines) is 1. The highest BCUT2D eigenvalue weighted by Crippen LogP contribution is 2.23. The molecule has 1 atom stereocenters. The zero-order valence-electron chi connectivity index (χ0n) is 16.5. The molecule has 0 radical (unpaired) electrons. The lowest BCUT2D eigenvalue weighted by Gasteiger charge is -2.31. The molecule has 0 bridgehead atoms. The molecule has 2 rings (SSSR count). The number of hydrogen-bond acceptors (Lipinski definition) is 3. The fraction of sp³-hybridized carbons (Fsp3) is 0.619. The molecule has 2 amide bonds. The van der Waals surface area contributed by atoms with E-state index in [1.165, 1.54) is 17.5 Å². The van der Waals surface area contributed by atoms with Gasteiger partial charge in [-0.3, -0.25) is 9.59 Å². The topological polar surface area (TPSA) is 58.6 Å². The normalized spacial score (nSPS) is 17.3. The van der Waals surface area contributed by atoms with Gasteiger partial charge in [0, 0.05) is 26.1 Å². The lowest BCUT2D eigenvalue weighted by atomic mass is 9.98. The van der Waals surface area contributed by atoms with Gasteiger partial charge in [-0.2, -0.15) is 0 Å². The molecule has 0 spiro atoms. The Kier molecular flexibility index (Phi) is 7.49. The van der Waals surface area contributed by atoms with Crippen LogP contribution in [0.1, 0.15) is 57.1 Å². The van der Waals surface area contributed by atoms with Crippen LogP contribution in [0.5, 0.6) is 5.75 Å². The summed E-state index contributed by atoms with van der Waals surface area (Å²) in [4.78, 5) is 26.0. The van der Waals surface area contributed by atoms with Gasteiger partial charge in [-0.25, -0.2) is 0 Å². The van der Waals surface area contributed by atoms with E-state index in [1.54, 1.807) is 0 Å². The minimum atomic E-state index is -0.199. The van der Waals surface area contributed by atoms with E-state index in [0.717, 1.165) is 19.5 Å². The van der Waals surface area contributed by atoms with E-state index in [2.05, 4.69) is 33.0 Å². The Morgan fingerprint density at radius 1 is 1.35 bits per heavy atom.